The Balaban J connectivity index is 2.05. The number of rotatable bonds is 5. The third-order valence-corrected chi connectivity index (χ3v) is 4.25. The molecule has 1 heterocycles. The van der Waals surface area contributed by atoms with Gasteiger partial charge in [0, 0.05) is 23.0 Å². The summed E-state index contributed by atoms with van der Waals surface area (Å²) in [7, 11) is 1.71. The molecule has 0 aliphatic heterocycles. The van der Waals surface area contributed by atoms with Gasteiger partial charge in [0.25, 0.3) is 0 Å². The molecular weight excluding hydrogens is 256 g/mol. The molecule has 2 rings (SSSR count). The minimum absolute atomic E-state index is 0.248. The van der Waals surface area contributed by atoms with Gasteiger partial charge >= 0.3 is 0 Å². The van der Waals surface area contributed by atoms with E-state index in [0.717, 1.165) is 23.0 Å². The second kappa shape index (κ2) is 6.17. The monoisotopic (exact) mass is 276 g/mol. The van der Waals surface area contributed by atoms with Crippen LogP contribution in [-0.4, -0.2) is 12.1 Å². The molecule has 1 atom stereocenters. The van der Waals surface area contributed by atoms with Crippen molar-refractivity contribution < 1.29 is 4.74 Å². The molecule has 102 valence electrons. The third kappa shape index (κ3) is 3.33. The molecule has 0 aliphatic rings. The Kier molecular flexibility index (Phi) is 4.56. The normalized spacial score (nSPS) is 12.4. The van der Waals surface area contributed by atoms with Crippen LogP contribution in [0.1, 0.15) is 34.1 Å². The fraction of sp³-hybridized carbons (Fsp3) is 0.400. The van der Waals surface area contributed by atoms with E-state index in [1.54, 1.807) is 18.4 Å². The summed E-state index contributed by atoms with van der Waals surface area (Å²) in [6.45, 7) is 7.11. The van der Waals surface area contributed by atoms with Crippen LogP contribution >= 0.6 is 11.3 Å². The first-order valence-electron chi connectivity index (χ1n) is 6.41. The van der Waals surface area contributed by atoms with Crippen molar-refractivity contribution in [1.82, 2.24) is 10.3 Å². The Bertz CT molecular complexity index is 551. The molecule has 1 aromatic carbocycles. The van der Waals surface area contributed by atoms with Gasteiger partial charge in [-0.3, -0.25) is 0 Å². The number of hydrogen-bond acceptors (Lipinski definition) is 4. The standard InChI is InChI=1S/C15H20N2OS/c1-10(13-7-5-6-8-14(13)18-4)16-9-15-11(2)17-12(3)19-15/h5-8,10,16H,9H2,1-4H3/t10-/m0/s1. The first-order chi connectivity index (χ1) is 9.11. The highest BCUT2D eigenvalue weighted by atomic mass is 32.1. The number of hydrogen-bond donors (Lipinski definition) is 1. The Morgan fingerprint density at radius 2 is 2.05 bits per heavy atom. The number of nitrogens with one attached hydrogen (secondary N) is 1. The Labute approximate surface area is 118 Å². The predicted octanol–water partition coefficient (Wildman–Crippen LogP) is 3.62. The van der Waals surface area contributed by atoms with Gasteiger partial charge in [-0.1, -0.05) is 18.2 Å². The number of methoxy groups -OCH3 is 1. The SMILES string of the molecule is COc1ccccc1[C@H](C)NCc1sc(C)nc1C. The number of aryl methyl sites for hydroxylation is 2. The van der Waals surface area contributed by atoms with Crippen LogP contribution in [0.4, 0.5) is 0 Å². The summed E-state index contributed by atoms with van der Waals surface area (Å²) in [5.41, 5.74) is 2.31. The number of thiazole rings is 1. The van der Waals surface area contributed by atoms with Crippen LogP contribution in [0.25, 0.3) is 0 Å². The Morgan fingerprint density at radius 3 is 2.68 bits per heavy atom. The third-order valence-electron chi connectivity index (χ3n) is 3.17. The van der Waals surface area contributed by atoms with Crippen LogP contribution in [0.5, 0.6) is 5.75 Å². The maximum absolute atomic E-state index is 5.40. The van der Waals surface area contributed by atoms with E-state index in [9.17, 15) is 0 Å². The summed E-state index contributed by atoms with van der Waals surface area (Å²) in [6.07, 6.45) is 0. The van der Waals surface area contributed by atoms with Crippen LogP contribution in [-0.2, 0) is 6.54 Å². The zero-order valence-corrected chi connectivity index (χ0v) is 12.7. The van der Waals surface area contributed by atoms with Gasteiger partial charge in [-0.15, -0.1) is 11.3 Å². The molecule has 0 saturated carbocycles. The molecule has 19 heavy (non-hydrogen) atoms. The highest BCUT2D eigenvalue weighted by Crippen LogP contribution is 2.25. The number of nitrogens with zero attached hydrogens (tertiary/aromatic N) is 1. The van der Waals surface area contributed by atoms with E-state index in [2.05, 4.69) is 30.2 Å². The van der Waals surface area contributed by atoms with Crippen molar-refractivity contribution in [2.24, 2.45) is 0 Å². The molecule has 3 nitrogen and oxygen atoms in total. The lowest BCUT2D eigenvalue weighted by molar-refractivity contribution is 0.401. The van der Waals surface area contributed by atoms with Crippen molar-refractivity contribution in [3.05, 3.63) is 45.4 Å². The molecule has 0 bridgehead atoms. The quantitative estimate of drug-likeness (QED) is 0.905. The Hall–Kier alpha value is -1.39. The van der Waals surface area contributed by atoms with E-state index in [-0.39, 0.29) is 6.04 Å². The van der Waals surface area contributed by atoms with Gasteiger partial charge in [0.05, 0.1) is 17.8 Å². The van der Waals surface area contributed by atoms with Crippen molar-refractivity contribution in [2.75, 3.05) is 7.11 Å². The molecule has 0 unspecified atom stereocenters. The van der Waals surface area contributed by atoms with Crippen LogP contribution < -0.4 is 10.1 Å². The second-order valence-electron chi connectivity index (χ2n) is 4.59. The van der Waals surface area contributed by atoms with Gasteiger partial charge in [0.2, 0.25) is 0 Å². The summed E-state index contributed by atoms with van der Waals surface area (Å²) in [5, 5.41) is 4.66. The minimum Gasteiger partial charge on any atom is -0.496 e. The minimum atomic E-state index is 0.248. The van der Waals surface area contributed by atoms with E-state index < -0.39 is 0 Å². The van der Waals surface area contributed by atoms with Crippen LogP contribution in [0.15, 0.2) is 24.3 Å². The van der Waals surface area contributed by atoms with Gasteiger partial charge in [-0.2, -0.15) is 0 Å². The van der Waals surface area contributed by atoms with Crippen molar-refractivity contribution in [2.45, 2.75) is 33.4 Å². The van der Waals surface area contributed by atoms with Gasteiger partial charge in [-0.05, 0) is 26.8 Å². The molecule has 1 aromatic heterocycles. The molecule has 0 fully saturated rings. The molecule has 4 heteroatoms. The largest absolute Gasteiger partial charge is 0.496 e. The van der Waals surface area contributed by atoms with Crippen molar-refractivity contribution in [3.63, 3.8) is 0 Å². The van der Waals surface area contributed by atoms with Gasteiger partial charge < -0.3 is 10.1 Å². The zero-order chi connectivity index (χ0) is 13.8. The molecule has 2 aromatic rings. The fourth-order valence-corrected chi connectivity index (χ4v) is 3.01. The van der Waals surface area contributed by atoms with Crippen LogP contribution in [0, 0.1) is 13.8 Å². The lowest BCUT2D eigenvalue weighted by Gasteiger charge is -2.16. The number of ether oxygens (including phenoxy) is 1. The maximum atomic E-state index is 5.40. The highest BCUT2D eigenvalue weighted by Gasteiger charge is 2.11. The van der Waals surface area contributed by atoms with Gasteiger partial charge in [0.15, 0.2) is 0 Å². The second-order valence-corrected chi connectivity index (χ2v) is 5.87. The van der Waals surface area contributed by atoms with Crippen LogP contribution in [0.2, 0.25) is 0 Å². The first-order valence-corrected chi connectivity index (χ1v) is 7.22. The summed E-state index contributed by atoms with van der Waals surface area (Å²) in [4.78, 5) is 5.75. The topological polar surface area (TPSA) is 34.1 Å². The first kappa shape index (κ1) is 14.0. The summed E-state index contributed by atoms with van der Waals surface area (Å²) < 4.78 is 5.40. The smallest absolute Gasteiger partial charge is 0.123 e. The predicted molar refractivity (Wildman–Crippen MR) is 79.8 cm³/mol. The van der Waals surface area contributed by atoms with E-state index >= 15 is 0 Å². The summed E-state index contributed by atoms with van der Waals surface area (Å²) in [6, 6.07) is 8.37. The van der Waals surface area contributed by atoms with E-state index in [4.69, 9.17) is 4.74 Å². The maximum Gasteiger partial charge on any atom is 0.123 e. The number of aromatic nitrogens is 1. The van der Waals surface area contributed by atoms with E-state index in [1.807, 2.05) is 25.1 Å². The molecule has 0 aliphatic carbocycles. The highest BCUT2D eigenvalue weighted by molar-refractivity contribution is 7.11. The average molecular weight is 276 g/mol. The molecule has 0 saturated heterocycles. The molecular formula is C15H20N2OS. The Morgan fingerprint density at radius 1 is 1.32 bits per heavy atom. The van der Waals surface area contributed by atoms with Gasteiger partial charge in [-0.25, -0.2) is 4.98 Å². The summed E-state index contributed by atoms with van der Waals surface area (Å²) >= 11 is 1.76. The van der Waals surface area contributed by atoms with Crippen molar-refractivity contribution in [3.8, 4) is 5.75 Å². The van der Waals surface area contributed by atoms with E-state index in [1.165, 1.54) is 10.4 Å². The van der Waals surface area contributed by atoms with Gasteiger partial charge in [0.1, 0.15) is 5.75 Å². The number of para-hydroxylation sites is 1. The lowest BCUT2D eigenvalue weighted by Crippen LogP contribution is -2.18. The summed E-state index contributed by atoms with van der Waals surface area (Å²) in [5.74, 6) is 0.930. The van der Waals surface area contributed by atoms with E-state index in [0.29, 0.717) is 0 Å². The number of benzene rings is 1. The average Bonchev–Trinajstić information content (AvgIpc) is 2.74. The lowest BCUT2D eigenvalue weighted by atomic mass is 10.1. The molecule has 0 amide bonds. The zero-order valence-electron chi connectivity index (χ0n) is 11.9. The molecule has 0 spiro atoms. The molecule has 0 radical (unpaired) electrons. The molecule has 1 N–H and O–H groups in total. The van der Waals surface area contributed by atoms with Crippen LogP contribution in [0.3, 0.4) is 0 Å². The van der Waals surface area contributed by atoms with Crippen molar-refractivity contribution in [1.29, 1.82) is 0 Å². The van der Waals surface area contributed by atoms with Crippen molar-refractivity contribution >= 4 is 11.3 Å². The fourth-order valence-electron chi connectivity index (χ4n) is 2.12.